The van der Waals surface area contributed by atoms with Gasteiger partial charge < -0.3 is 19.4 Å². The van der Waals surface area contributed by atoms with E-state index in [0.717, 1.165) is 32.1 Å². The van der Waals surface area contributed by atoms with E-state index in [1.54, 1.807) is 7.11 Å². The predicted octanol–water partition coefficient (Wildman–Crippen LogP) is 1.51. The summed E-state index contributed by atoms with van der Waals surface area (Å²) in [5.41, 5.74) is 0. The highest BCUT2D eigenvalue weighted by atomic mass is 16.5. The van der Waals surface area contributed by atoms with Gasteiger partial charge in [0.1, 0.15) is 0 Å². The number of anilines is 1. The molecule has 1 fully saturated rings. The molecule has 0 radical (unpaired) electrons. The molecule has 1 unspecified atom stereocenters. The molecule has 0 aromatic carbocycles. The second kappa shape index (κ2) is 6.61. The molecular formula is C12H21N3O2. The van der Waals surface area contributed by atoms with Crippen molar-refractivity contribution in [3.63, 3.8) is 0 Å². The Balaban J connectivity index is 1.84. The number of rotatable bonds is 6. The maximum atomic E-state index is 5.73. The lowest BCUT2D eigenvalue weighted by Gasteiger charge is -2.23. The van der Waals surface area contributed by atoms with E-state index in [1.165, 1.54) is 12.8 Å². The third kappa shape index (κ3) is 3.71. The molecule has 1 atom stereocenters. The smallest absolute Gasteiger partial charge is 0.202 e. The van der Waals surface area contributed by atoms with Gasteiger partial charge in [0.15, 0.2) is 0 Å². The summed E-state index contributed by atoms with van der Waals surface area (Å²) in [6, 6.07) is 0. The van der Waals surface area contributed by atoms with Crippen molar-refractivity contribution in [1.82, 2.24) is 9.55 Å². The maximum Gasteiger partial charge on any atom is 0.202 e. The van der Waals surface area contributed by atoms with Gasteiger partial charge in [0.2, 0.25) is 5.95 Å². The van der Waals surface area contributed by atoms with Crippen LogP contribution in [0.15, 0.2) is 12.4 Å². The van der Waals surface area contributed by atoms with E-state index in [0.29, 0.717) is 12.7 Å². The highest BCUT2D eigenvalue weighted by Gasteiger charge is 2.15. The molecule has 5 heteroatoms. The summed E-state index contributed by atoms with van der Waals surface area (Å²) >= 11 is 0. The number of nitrogens with zero attached hydrogens (tertiary/aromatic N) is 2. The van der Waals surface area contributed by atoms with Gasteiger partial charge in [0.05, 0.1) is 19.3 Å². The molecule has 1 saturated heterocycles. The fraction of sp³-hybridized carbons (Fsp3) is 0.750. The number of nitrogens with one attached hydrogen (secondary N) is 1. The number of hydrogen-bond donors (Lipinski definition) is 1. The van der Waals surface area contributed by atoms with E-state index in [1.807, 2.05) is 12.4 Å². The van der Waals surface area contributed by atoms with Crippen LogP contribution >= 0.6 is 0 Å². The number of methoxy groups -OCH3 is 1. The van der Waals surface area contributed by atoms with Crippen LogP contribution in [0.5, 0.6) is 0 Å². The second-order valence-corrected chi connectivity index (χ2v) is 4.31. The van der Waals surface area contributed by atoms with Crippen molar-refractivity contribution in [3.8, 4) is 0 Å². The van der Waals surface area contributed by atoms with Gasteiger partial charge in [-0.2, -0.15) is 0 Å². The fourth-order valence-electron chi connectivity index (χ4n) is 2.06. The molecule has 0 saturated carbocycles. The lowest BCUT2D eigenvalue weighted by atomic mass is 10.1. The summed E-state index contributed by atoms with van der Waals surface area (Å²) in [4.78, 5) is 4.29. The van der Waals surface area contributed by atoms with E-state index < -0.39 is 0 Å². The van der Waals surface area contributed by atoms with E-state index in [-0.39, 0.29) is 0 Å². The lowest BCUT2D eigenvalue weighted by Crippen LogP contribution is -2.25. The Morgan fingerprint density at radius 1 is 1.59 bits per heavy atom. The summed E-state index contributed by atoms with van der Waals surface area (Å²) in [6.45, 7) is 3.24. The minimum absolute atomic E-state index is 0.334. The van der Waals surface area contributed by atoms with Crippen molar-refractivity contribution in [3.05, 3.63) is 12.4 Å². The van der Waals surface area contributed by atoms with Gasteiger partial charge in [-0.15, -0.1) is 0 Å². The number of ether oxygens (including phenoxy) is 2. The van der Waals surface area contributed by atoms with Crippen LogP contribution in [0.4, 0.5) is 5.95 Å². The van der Waals surface area contributed by atoms with E-state index >= 15 is 0 Å². The zero-order valence-electron chi connectivity index (χ0n) is 10.4. The molecule has 1 aromatic rings. The SMILES string of the molecule is COCCNc1nccn1CC1CCCCO1. The van der Waals surface area contributed by atoms with Crippen molar-refractivity contribution in [1.29, 1.82) is 0 Å². The van der Waals surface area contributed by atoms with Gasteiger partial charge in [-0.05, 0) is 19.3 Å². The Morgan fingerprint density at radius 2 is 2.53 bits per heavy atom. The Bertz CT molecular complexity index is 321. The zero-order valence-corrected chi connectivity index (χ0v) is 10.4. The summed E-state index contributed by atoms with van der Waals surface area (Å²) in [6.07, 6.45) is 7.76. The van der Waals surface area contributed by atoms with Crippen molar-refractivity contribution in [2.75, 3.05) is 32.2 Å². The van der Waals surface area contributed by atoms with Crippen LogP contribution in [0, 0.1) is 0 Å². The van der Waals surface area contributed by atoms with Gasteiger partial charge in [0, 0.05) is 32.7 Å². The van der Waals surface area contributed by atoms with Crippen molar-refractivity contribution < 1.29 is 9.47 Å². The molecule has 5 nitrogen and oxygen atoms in total. The van der Waals surface area contributed by atoms with Crippen molar-refractivity contribution in [2.24, 2.45) is 0 Å². The Labute approximate surface area is 102 Å². The lowest BCUT2D eigenvalue weighted by molar-refractivity contribution is 0.00629. The topological polar surface area (TPSA) is 48.3 Å². The molecule has 1 aromatic heterocycles. The minimum Gasteiger partial charge on any atom is -0.383 e. The summed E-state index contributed by atoms with van der Waals surface area (Å²) in [5.74, 6) is 0.899. The van der Waals surface area contributed by atoms with Gasteiger partial charge >= 0.3 is 0 Å². The van der Waals surface area contributed by atoms with E-state index in [2.05, 4.69) is 14.9 Å². The molecule has 0 bridgehead atoms. The third-order valence-corrected chi connectivity index (χ3v) is 2.98. The summed E-state index contributed by atoms with van der Waals surface area (Å²) in [5, 5.41) is 3.26. The van der Waals surface area contributed by atoms with E-state index in [4.69, 9.17) is 9.47 Å². The van der Waals surface area contributed by atoms with Gasteiger partial charge in [-0.1, -0.05) is 0 Å². The van der Waals surface area contributed by atoms with Crippen LogP contribution in [-0.4, -0.2) is 42.5 Å². The van der Waals surface area contributed by atoms with Crippen LogP contribution < -0.4 is 5.32 Å². The van der Waals surface area contributed by atoms with Crippen LogP contribution in [0.1, 0.15) is 19.3 Å². The number of aromatic nitrogens is 2. The first-order valence-corrected chi connectivity index (χ1v) is 6.25. The van der Waals surface area contributed by atoms with Gasteiger partial charge in [-0.3, -0.25) is 0 Å². The maximum absolute atomic E-state index is 5.73. The highest BCUT2D eigenvalue weighted by molar-refractivity contribution is 5.25. The second-order valence-electron chi connectivity index (χ2n) is 4.31. The van der Waals surface area contributed by atoms with Crippen molar-refractivity contribution >= 4 is 5.95 Å². The number of hydrogen-bond acceptors (Lipinski definition) is 4. The molecule has 96 valence electrons. The molecule has 0 spiro atoms. The summed E-state index contributed by atoms with van der Waals surface area (Å²) < 4.78 is 12.9. The number of imidazole rings is 1. The molecule has 17 heavy (non-hydrogen) atoms. The van der Waals surface area contributed by atoms with Crippen LogP contribution in [0.2, 0.25) is 0 Å². The quantitative estimate of drug-likeness (QED) is 0.764. The fourth-order valence-corrected chi connectivity index (χ4v) is 2.06. The molecule has 1 aliphatic heterocycles. The molecule has 0 amide bonds. The third-order valence-electron chi connectivity index (χ3n) is 2.98. The minimum atomic E-state index is 0.334. The Hall–Kier alpha value is -1.07. The average molecular weight is 239 g/mol. The zero-order chi connectivity index (χ0) is 11.9. The molecular weight excluding hydrogens is 218 g/mol. The largest absolute Gasteiger partial charge is 0.383 e. The molecule has 1 aliphatic rings. The Kier molecular flexibility index (Phi) is 4.82. The first-order chi connectivity index (χ1) is 8.40. The monoisotopic (exact) mass is 239 g/mol. The highest BCUT2D eigenvalue weighted by Crippen LogP contribution is 2.16. The average Bonchev–Trinajstić information content (AvgIpc) is 2.79. The van der Waals surface area contributed by atoms with Crippen LogP contribution in [0.25, 0.3) is 0 Å². The normalized spacial score (nSPS) is 20.4. The van der Waals surface area contributed by atoms with Gasteiger partial charge in [-0.25, -0.2) is 4.98 Å². The Morgan fingerprint density at radius 3 is 3.29 bits per heavy atom. The standard InChI is InChI=1S/C12H21N3O2/c1-16-9-6-14-12-13-5-7-15(12)10-11-4-2-3-8-17-11/h5,7,11H,2-4,6,8-10H2,1H3,(H,13,14). The first kappa shape index (κ1) is 12.4. The van der Waals surface area contributed by atoms with Crippen LogP contribution in [-0.2, 0) is 16.0 Å². The molecule has 1 N–H and O–H groups in total. The molecule has 2 rings (SSSR count). The summed E-state index contributed by atoms with van der Waals surface area (Å²) in [7, 11) is 1.70. The van der Waals surface area contributed by atoms with Crippen molar-refractivity contribution in [2.45, 2.75) is 31.9 Å². The van der Waals surface area contributed by atoms with Gasteiger partial charge in [0.25, 0.3) is 0 Å². The van der Waals surface area contributed by atoms with Crippen LogP contribution in [0.3, 0.4) is 0 Å². The first-order valence-electron chi connectivity index (χ1n) is 6.25. The predicted molar refractivity (Wildman–Crippen MR) is 66.2 cm³/mol. The van der Waals surface area contributed by atoms with E-state index in [9.17, 15) is 0 Å². The molecule has 0 aliphatic carbocycles. The molecule has 2 heterocycles.